The van der Waals surface area contributed by atoms with Gasteiger partial charge in [0.15, 0.2) is 0 Å². The minimum Gasteiger partial charge on any atom is -0.411 e. The number of hydrogen-bond acceptors (Lipinski definition) is 2. The predicted molar refractivity (Wildman–Crippen MR) is 85.1 cm³/mol. The summed E-state index contributed by atoms with van der Waals surface area (Å²) < 4.78 is 2.34. The Kier molecular flexibility index (Phi) is 2.61. The Labute approximate surface area is 123 Å². The quantitative estimate of drug-likeness (QED) is 0.525. The molecule has 3 aromatic rings. The topological polar surface area (TPSA) is 37.5 Å². The monoisotopic (exact) mass is 276 g/mol. The van der Waals surface area contributed by atoms with Crippen LogP contribution in [0.5, 0.6) is 0 Å². The highest BCUT2D eigenvalue weighted by Crippen LogP contribution is 2.34. The summed E-state index contributed by atoms with van der Waals surface area (Å²) in [5, 5.41) is 14.0. The Morgan fingerprint density at radius 3 is 2.67 bits per heavy atom. The predicted octanol–water partition coefficient (Wildman–Crippen LogP) is 4.20. The summed E-state index contributed by atoms with van der Waals surface area (Å²) in [6, 6.07) is 17.0. The van der Waals surface area contributed by atoms with Gasteiger partial charge in [0, 0.05) is 29.6 Å². The summed E-state index contributed by atoms with van der Waals surface area (Å²) in [4.78, 5) is 0. The number of hydrogen-bond donors (Lipinski definition) is 1. The molecule has 3 heteroatoms. The molecule has 1 aromatic heterocycles. The lowest BCUT2D eigenvalue weighted by atomic mass is 9.99. The molecular weight excluding hydrogens is 260 g/mol. The van der Waals surface area contributed by atoms with E-state index < -0.39 is 0 Å². The van der Waals surface area contributed by atoms with Crippen molar-refractivity contribution in [2.24, 2.45) is 5.16 Å². The van der Waals surface area contributed by atoms with E-state index in [1.165, 1.54) is 27.7 Å². The van der Waals surface area contributed by atoms with Gasteiger partial charge in [-0.05, 0) is 36.2 Å². The van der Waals surface area contributed by atoms with E-state index in [0.717, 1.165) is 24.2 Å². The number of aromatic nitrogens is 1. The molecule has 0 spiro atoms. The third-order valence-corrected chi connectivity index (χ3v) is 4.21. The van der Waals surface area contributed by atoms with Crippen molar-refractivity contribution in [3.05, 3.63) is 59.7 Å². The first-order chi connectivity index (χ1) is 10.3. The molecule has 1 aliphatic heterocycles. The molecule has 21 heavy (non-hydrogen) atoms. The molecule has 0 aliphatic carbocycles. The molecule has 4 rings (SSSR count). The zero-order valence-corrected chi connectivity index (χ0v) is 11.9. The first kappa shape index (κ1) is 12.2. The standard InChI is InChI=1S/C18H16N2O/c1-12-9-14-11-17(13-5-3-2-4-6-13)20-8-7-16(19-21)15(10-12)18(14)20/h2-6,9-11,21H,7-8H2,1H3/b19-16-. The molecular formula is C18H16N2O. The van der Waals surface area contributed by atoms with Gasteiger partial charge in [-0.2, -0.15) is 0 Å². The fraction of sp³-hybridized carbons (Fsp3) is 0.167. The van der Waals surface area contributed by atoms with Gasteiger partial charge >= 0.3 is 0 Å². The van der Waals surface area contributed by atoms with Crippen molar-refractivity contribution in [3.63, 3.8) is 0 Å². The molecule has 0 saturated carbocycles. The molecule has 1 N–H and O–H groups in total. The van der Waals surface area contributed by atoms with Crippen molar-refractivity contribution in [1.29, 1.82) is 0 Å². The maximum atomic E-state index is 9.26. The zero-order valence-electron chi connectivity index (χ0n) is 11.9. The second kappa shape index (κ2) is 4.48. The van der Waals surface area contributed by atoms with Crippen molar-refractivity contribution in [3.8, 4) is 11.3 Å². The molecule has 0 saturated heterocycles. The SMILES string of the molecule is Cc1cc2c3c(c1)cc(-c1ccccc1)n3CC/C2=N/O. The fourth-order valence-electron chi connectivity index (χ4n) is 3.32. The highest BCUT2D eigenvalue weighted by Gasteiger charge is 2.22. The second-order valence-electron chi connectivity index (χ2n) is 5.59. The zero-order chi connectivity index (χ0) is 14.4. The van der Waals surface area contributed by atoms with Crippen LogP contribution in [0.2, 0.25) is 0 Å². The molecule has 0 atom stereocenters. The van der Waals surface area contributed by atoms with Gasteiger partial charge in [0.25, 0.3) is 0 Å². The first-order valence-corrected chi connectivity index (χ1v) is 7.18. The Hall–Kier alpha value is -2.55. The van der Waals surface area contributed by atoms with Gasteiger partial charge in [-0.15, -0.1) is 0 Å². The lowest BCUT2D eigenvalue weighted by Gasteiger charge is -2.19. The van der Waals surface area contributed by atoms with Crippen LogP contribution in [0.25, 0.3) is 22.2 Å². The fourth-order valence-corrected chi connectivity index (χ4v) is 3.32. The van der Waals surface area contributed by atoms with E-state index in [1.807, 2.05) is 6.07 Å². The van der Waals surface area contributed by atoms with Crippen LogP contribution < -0.4 is 0 Å². The summed E-state index contributed by atoms with van der Waals surface area (Å²) in [6.07, 6.45) is 0.760. The highest BCUT2D eigenvalue weighted by atomic mass is 16.4. The third kappa shape index (κ3) is 1.77. The summed E-state index contributed by atoms with van der Waals surface area (Å²) in [6.45, 7) is 2.93. The van der Waals surface area contributed by atoms with E-state index in [0.29, 0.717) is 0 Å². The minimum absolute atomic E-state index is 0.760. The molecule has 0 bridgehead atoms. The maximum Gasteiger partial charge on any atom is 0.0906 e. The van der Waals surface area contributed by atoms with Crippen molar-refractivity contribution in [2.45, 2.75) is 19.9 Å². The lowest BCUT2D eigenvalue weighted by Crippen LogP contribution is -2.16. The van der Waals surface area contributed by atoms with Crippen molar-refractivity contribution >= 4 is 16.6 Å². The van der Waals surface area contributed by atoms with Gasteiger partial charge < -0.3 is 9.77 Å². The molecule has 0 radical (unpaired) electrons. The number of aryl methyl sites for hydroxylation is 2. The molecule has 0 amide bonds. The first-order valence-electron chi connectivity index (χ1n) is 7.18. The Bertz CT molecular complexity index is 860. The summed E-state index contributed by atoms with van der Waals surface area (Å²) in [5.41, 5.74) is 6.67. The van der Waals surface area contributed by atoms with Crippen molar-refractivity contribution < 1.29 is 5.21 Å². The van der Waals surface area contributed by atoms with Gasteiger partial charge in [0.05, 0.1) is 11.2 Å². The van der Waals surface area contributed by atoms with Crippen LogP contribution in [0, 0.1) is 6.92 Å². The molecule has 2 aromatic carbocycles. The van der Waals surface area contributed by atoms with Gasteiger partial charge in [-0.1, -0.05) is 35.5 Å². The maximum absolute atomic E-state index is 9.26. The molecule has 1 aliphatic rings. The van der Waals surface area contributed by atoms with Crippen LogP contribution in [0.15, 0.2) is 53.7 Å². The second-order valence-corrected chi connectivity index (χ2v) is 5.59. The number of oxime groups is 1. The molecule has 104 valence electrons. The Morgan fingerprint density at radius 1 is 1.10 bits per heavy atom. The van der Waals surface area contributed by atoms with Gasteiger partial charge in [-0.3, -0.25) is 0 Å². The molecule has 3 nitrogen and oxygen atoms in total. The Balaban J connectivity index is 2.08. The Morgan fingerprint density at radius 2 is 1.90 bits per heavy atom. The molecule has 0 fully saturated rings. The smallest absolute Gasteiger partial charge is 0.0906 e. The van der Waals surface area contributed by atoms with Crippen LogP contribution in [-0.4, -0.2) is 15.5 Å². The normalized spacial score (nSPS) is 15.8. The summed E-state index contributed by atoms with van der Waals surface area (Å²) in [7, 11) is 0. The van der Waals surface area contributed by atoms with Gasteiger partial charge in [0.2, 0.25) is 0 Å². The summed E-state index contributed by atoms with van der Waals surface area (Å²) in [5.74, 6) is 0. The van der Waals surface area contributed by atoms with Crippen LogP contribution in [-0.2, 0) is 6.54 Å². The number of nitrogens with zero attached hydrogens (tertiary/aromatic N) is 2. The van der Waals surface area contributed by atoms with Crippen molar-refractivity contribution in [1.82, 2.24) is 4.57 Å². The van der Waals surface area contributed by atoms with E-state index in [4.69, 9.17) is 0 Å². The van der Waals surface area contributed by atoms with E-state index in [1.54, 1.807) is 0 Å². The van der Waals surface area contributed by atoms with Crippen LogP contribution in [0.4, 0.5) is 0 Å². The highest BCUT2D eigenvalue weighted by molar-refractivity contribution is 6.12. The summed E-state index contributed by atoms with van der Waals surface area (Å²) >= 11 is 0. The largest absolute Gasteiger partial charge is 0.411 e. The molecule has 2 heterocycles. The third-order valence-electron chi connectivity index (χ3n) is 4.21. The van der Waals surface area contributed by atoms with E-state index in [-0.39, 0.29) is 0 Å². The number of rotatable bonds is 1. The van der Waals surface area contributed by atoms with E-state index >= 15 is 0 Å². The number of benzene rings is 2. The average Bonchev–Trinajstić information content (AvgIpc) is 2.88. The van der Waals surface area contributed by atoms with Crippen LogP contribution >= 0.6 is 0 Å². The molecule has 0 unspecified atom stereocenters. The minimum atomic E-state index is 0.760. The van der Waals surface area contributed by atoms with Gasteiger partial charge in [0.1, 0.15) is 0 Å². The van der Waals surface area contributed by atoms with E-state index in [9.17, 15) is 5.21 Å². The van der Waals surface area contributed by atoms with Gasteiger partial charge in [-0.25, -0.2) is 0 Å². The average molecular weight is 276 g/mol. The van der Waals surface area contributed by atoms with Crippen LogP contribution in [0.3, 0.4) is 0 Å². The van der Waals surface area contributed by atoms with Crippen molar-refractivity contribution in [2.75, 3.05) is 0 Å². The van der Waals surface area contributed by atoms with Crippen LogP contribution in [0.1, 0.15) is 17.5 Å². The lowest BCUT2D eigenvalue weighted by molar-refractivity contribution is 0.317. The van der Waals surface area contributed by atoms with E-state index in [2.05, 4.69) is 59.1 Å².